The second-order valence-electron chi connectivity index (χ2n) is 3.74. The second kappa shape index (κ2) is 9.00. The van der Waals surface area contributed by atoms with Crippen molar-refractivity contribution in [3.05, 3.63) is 26.8 Å². The maximum absolute atomic E-state index is 5.87. The third-order valence-corrected chi connectivity index (χ3v) is 3.30. The number of ether oxygens (including phenoxy) is 2. The molecule has 1 aromatic carbocycles. The quantitative estimate of drug-likeness (QED) is 0.496. The first-order valence-electron chi connectivity index (χ1n) is 5.89. The van der Waals surface area contributed by atoms with Crippen molar-refractivity contribution >= 4 is 34.2 Å². The zero-order valence-corrected chi connectivity index (χ0v) is 13.0. The minimum Gasteiger partial charge on any atom is -0.492 e. The maximum Gasteiger partial charge on any atom is 0.132 e. The summed E-state index contributed by atoms with van der Waals surface area (Å²) in [6, 6.07) is 5.65. The fourth-order valence-electron chi connectivity index (χ4n) is 1.28. The van der Waals surface area contributed by atoms with E-state index in [1.54, 1.807) is 0 Å². The molecule has 0 amide bonds. The van der Waals surface area contributed by atoms with Crippen LogP contribution in [0.25, 0.3) is 0 Å². The fourth-order valence-corrected chi connectivity index (χ4v) is 2.31. The van der Waals surface area contributed by atoms with Gasteiger partial charge in [0.2, 0.25) is 0 Å². The fraction of sp³-hybridized carbons (Fsp3) is 0.538. The lowest BCUT2D eigenvalue weighted by Gasteiger charge is -2.08. The van der Waals surface area contributed by atoms with Crippen molar-refractivity contribution in [2.45, 2.75) is 26.2 Å². The van der Waals surface area contributed by atoms with E-state index >= 15 is 0 Å². The van der Waals surface area contributed by atoms with Crippen LogP contribution in [0.4, 0.5) is 0 Å². The van der Waals surface area contributed by atoms with Crippen LogP contribution in [0, 0.1) is 3.57 Å². The van der Waals surface area contributed by atoms with Crippen molar-refractivity contribution in [2.75, 3.05) is 19.8 Å². The minimum absolute atomic E-state index is 0.684. The van der Waals surface area contributed by atoms with Crippen LogP contribution in [-0.4, -0.2) is 19.8 Å². The Balaban J connectivity index is 2.14. The van der Waals surface area contributed by atoms with E-state index in [1.165, 1.54) is 6.42 Å². The topological polar surface area (TPSA) is 18.5 Å². The van der Waals surface area contributed by atoms with Crippen LogP contribution in [0.1, 0.15) is 26.2 Å². The molecule has 0 aliphatic heterocycles. The van der Waals surface area contributed by atoms with Gasteiger partial charge >= 0.3 is 0 Å². The highest BCUT2D eigenvalue weighted by Gasteiger charge is 2.01. The van der Waals surface area contributed by atoms with Crippen molar-refractivity contribution < 1.29 is 9.47 Å². The lowest BCUT2D eigenvalue weighted by molar-refractivity contribution is 0.117. The van der Waals surface area contributed by atoms with Gasteiger partial charge in [-0.1, -0.05) is 24.9 Å². The van der Waals surface area contributed by atoms with E-state index in [4.69, 9.17) is 21.1 Å². The van der Waals surface area contributed by atoms with Gasteiger partial charge in [0, 0.05) is 24.7 Å². The van der Waals surface area contributed by atoms with Gasteiger partial charge < -0.3 is 9.47 Å². The third kappa shape index (κ3) is 6.48. The molecule has 0 fully saturated rings. The molecular formula is C13H18ClIO2. The maximum atomic E-state index is 5.87. The average Bonchev–Trinajstić information content (AvgIpc) is 2.30. The Hall–Kier alpha value is -0.000000000000000111. The number of unbranched alkanes of at least 4 members (excludes halogenated alkanes) is 1. The Morgan fingerprint density at radius 3 is 2.65 bits per heavy atom. The Morgan fingerprint density at radius 1 is 1.18 bits per heavy atom. The molecule has 4 heteroatoms. The molecule has 0 aliphatic rings. The van der Waals surface area contributed by atoms with E-state index < -0.39 is 0 Å². The molecule has 2 nitrogen and oxygen atoms in total. The van der Waals surface area contributed by atoms with Gasteiger partial charge in [0.25, 0.3) is 0 Å². The van der Waals surface area contributed by atoms with Crippen LogP contribution in [0.5, 0.6) is 5.75 Å². The predicted octanol–water partition coefficient (Wildman–Crippen LogP) is 4.53. The molecule has 0 N–H and O–H groups in total. The lowest BCUT2D eigenvalue weighted by Crippen LogP contribution is -2.04. The van der Waals surface area contributed by atoms with E-state index in [0.29, 0.717) is 6.61 Å². The molecular weight excluding hydrogens is 350 g/mol. The van der Waals surface area contributed by atoms with E-state index in [9.17, 15) is 0 Å². The van der Waals surface area contributed by atoms with E-state index in [0.717, 1.165) is 40.4 Å². The Kier molecular flexibility index (Phi) is 7.97. The molecule has 0 atom stereocenters. The number of hydrogen-bond donors (Lipinski definition) is 0. The van der Waals surface area contributed by atoms with Gasteiger partial charge in [0.05, 0.1) is 10.2 Å². The van der Waals surface area contributed by atoms with Crippen molar-refractivity contribution in [3.63, 3.8) is 0 Å². The summed E-state index contributed by atoms with van der Waals surface area (Å²) in [5.41, 5.74) is 0. The first-order valence-corrected chi connectivity index (χ1v) is 7.35. The molecule has 0 saturated heterocycles. The van der Waals surface area contributed by atoms with Crippen LogP contribution >= 0.6 is 34.2 Å². The Morgan fingerprint density at radius 2 is 1.94 bits per heavy atom. The summed E-state index contributed by atoms with van der Waals surface area (Å²) >= 11 is 8.09. The summed E-state index contributed by atoms with van der Waals surface area (Å²) in [5, 5.41) is 0.740. The summed E-state index contributed by atoms with van der Waals surface area (Å²) in [5.74, 6) is 0.892. The van der Waals surface area contributed by atoms with Gasteiger partial charge in [0.1, 0.15) is 5.75 Å². The summed E-state index contributed by atoms with van der Waals surface area (Å²) < 4.78 is 12.2. The Bertz CT molecular complexity index is 331. The molecule has 0 heterocycles. The summed E-state index contributed by atoms with van der Waals surface area (Å²) in [6.45, 7) is 4.47. The van der Waals surface area contributed by atoms with Crippen molar-refractivity contribution in [1.82, 2.24) is 0 Å². The van der Waals surface area contributed by atoms with Crippen LogP contribution < -0.4 is 4.74 Å². The molecule has 0 bridgehead atoms. The Labute approximate surface area is 122 Å². The molecule has 0 saturated carbocycles. The molecule has 1 aromatic rings. The van der Waals surface area contributed by atoms with Crippen LogP contribution in [0.15, 0.2) is 18.2 Å². The highest BCUT2D eigenvalue weighted by molar-refractivity contribution is 14.1. The molecule has 0 radical (unpaired) electrons. The molecule has 96 valence electrons. The molecule has 0 aliphatic carbocycles. The normalized spacial score (nSPS) is 10.5. The zero-order chi connectivity index (χ0) is 12.5. The highest BCUT2D eigenvalue weighted by Crippen LogP contribution is 2.24. The van der Waals surface area contributed by atoms with Crippen LogP contribution in [0.3, 0.4) is 0 Å². The van der Waals surface area contributed by atoms with Crippen molar-refractivity contribution in [1.29, 1.82) is 0 Å². The summed E-state index contributed by atoms with van der Waals surface area (Å²) in [7, 11) is 0. The predicted molar refractivity (Wildman–Crippen MR) is 80.0 cm³/mol. The van der Waals surface area contributed by atoms with E-state index in [-0.39, 0.29) is 0 Å². The van der Waals surface area contributed by atoms with Crippen molar-refractivity contribution in [2.24, 2.45) is 0 Å². The third-order valence-electron chi connectivity index (χ3n) is 2.23. The first kappa shape index (κ1) is 15.1. The molecule has 0 aromatic heterocycles. The standard InChI is InChI=1S/C13H18ClIO2/c1-2-3-7-16-8-4-9-17-13-6-5-11(14)10-12(13)15/h5-6,10H,2-4,7-9H2,1H3. The summed E-state index contributed by atoms with van der Waals surface area (Å²) in [6.07, 6.45) is 3.23. The molecule has 17 heavy (non-hydrogen) atoms. The highest BCUT2D eigenvalue weighted by atomic mass is 127. The first-order chi connectivity index (χ1) is 8.24. The van der Waals surface area contributed by atoms with Crippen LogP contribution in [-0.2, 0) is 4.74 Å². The zero-order valence-electron chi connectivity index (χ0n) is 10.0. The summed E-state index contributed by atoms with van der Waals surface area (Å²) in [4.78, 5) is 0. The number of rotatable bonds is 8. The lowest BCUT2D eigenvalue weighted by atomic mass is 10.3. The van der Waals surface area contributed by atoms with Gasteiger partial charge in [-0.25, -0.2) is 0 Å². The smallest absolute Gasteiger partial charge is 0.132 e. The average molecular weight is 369 g/mol. The van der Waals surface area contributed by atoms with Gasteiger partial charge in [-0.3, -0.25) is 0 Å². The van der Waals surface area contributed by atoms with E-state index in [1.807, 2.05) is 18.2 Å². The SMILES string of the molecule is CCCCOCCCOc1ccc(Cl)cc1I. The minimum atomic E-state index is 0.684. The monoisotopic (exact) mass is 368 g/mol. The molecule has 0 unspecified atom stereocenters. The van der Waals surface area contributed by atoms with Gasteiger partial charge in [0.15, 0.2) is 0 Å². The van der Waals surface area contributed by atoms with Gasteiger partial charge in [-0.15, -0.1) is 0 Å². The molecule has 0 spiro atoms. The largest absolute Gasteiger partial charge is 0.492 e. The second-order valence-corrected chi connectivity index (χ2v) is 5.34. The van der Waals surface area contributed by atoms with Crippen molar-refractivity contribution in [3.8, 4) is 5.75 Å². The van der Waals surface area contributed by atoms with E-state index in [2.05, 4.69) is 29.5 Å². The van der Waals surface area contributed by atoms with Gasteiger partial charge in [-0.05, 0) is 47.2 Å². The number of halogens is 2. The molecule has 1 rings (SSSR count). The van der Waals surface area contributed by atoms with Gasteiger partial charge in [-0.2, -0.15) is 0 Å². The number of hydrogen-bond acceptors (Lipinski definition) is 2. The number of benzene rings is 1. The van der Waals surface area contributed by atoms with Crippen LogP contribution in [0.2, 0.25) is 5.02 Å².